The van der Waals surface area contributed by atoms with Gasteiger partial charge in [0, 0.05) is 12.1 Å². The summed E-state index contributed by atoms with van der Waals surface area (Å²) in [6.07, 6.45) is 1.38. The zero-order valence-electron chi connectivity index (χ0n) is 12.5. The van der Waals surface area contributed by atoms with Crippen LogP contribution in [0, 0.1) is 0 Å². The molecule has 23 heavy (non-hydrogen) atoms. The summed E-state index contributed by atoms with van der Waals surface area (Å²) in [6.45, 7) is 2.36. The van der Waals surface area contributed by atoms with E-state index in [1.54, 1.807) is 0 Å². The molecule has 0 radical (unpaired) electrons. The molecule has 2 aromatic heterocycles. The summed E-state index contributed by atoms with van der Waals surface area (Å²) < 4.78 is 6.62. The van der Waals surface area contributed by atoms with Gasteiger partial charge in [0.1, 0.15) is 12.9 Å². The van der Waals surface area contributed by atoms with Crippen LogP contribution in [0.15, 0.2) is 41.2 Å². The van der Waals surface area contributed by atoms with Crippen molar-refractivity contribution >= 4 is 5.91 Å². The van der Waals surface area contributed by atoms with Gasteiger partial charge in [-0.3, -0.25) is 4.79 Å². The van der Waals surface area contributed by atoms with E-state index in [1.807, 2.05) is 37.3 Å². The Morgan fingerprint density at radius 2 is 2.17 bits per heavy atom. The van der Waals surface area contributed by atoms with Gasteiger partial charge in [0.25, 0.3) is 0 Å². The summed E-state index contributed by atoms with van der Waals surface area (Å²) in [7, 11) is 0. The first-order valence-corrected chi connectivity index (χ1v) is 7.09. The van der Waals surface area contributed by atoms with Gasteiger partial charge in [-0.25, -0.2) is 4.68 Å². The van der Waals surface area contributed by atoms with Crippen LogP contribution in [0.1, 0.15) is 18.7 Å². The van der Waals surface area contributed by atoms with E-state index in [0.29, 0.717) is 18.3 Å². The molecular formula is C14H15N7O2. The van der Waals surface area contributed by atoms with Crippen molar-refractivity contribution in [2.24, 2.45) is 0 Å². The van der Waals surface area contributed by atoms with Crippen LogP contribution in [0.3, 0.4) is 0 Å². The molecule has 0 aliphatic rings. The lowest BCUT2D eigenvalue weighted by Crippen LogP contribution is -2.31. The quantitative estimate of drug-likeness (QED) is 0.710. The second kappa shape index (κ2) is 6.77. The molecule has 2 heterocycles. The first-order chi connectivity index (χ1) is 11.2. The second-order valence-corrected chi connectivity index (χ2v) is 5.03. The van der Waals surface area contributed by atoms with Crippen molar-refractivity contribution < 1.29 is 9.32 Å². The van der Waals surface area contributed by atoms with Crippen LogP contribution in [0.5, 0.6) is 0 Å². The molecule has 1 aromatic carbocycles. The van der Waals surface area contributed by atoms with Crippen molar-refractivity contribution in [2.75, 3.05) is 6.54 Å². The minimum atomic E-state index is -0.188. The second-order valence-electron chi connectivity index (χ2n) is 5.03. The molecule has 0 saturated heterocycles. The third kappa shape index (κ3) is 3.76. The lowest BCUT2D eigenvalue weighted by Gasteiger charge is -2.08. The summed E-state index contributed by atoms with van der Waals surface area (Å²) in [6, 6.07) is 9.57. The highest BCUT2D eigenvalue weighted by molar-refractivity contribution is 5.75. The smallest absolute Gasteiger partial charge is 0.241 e. The van der Waals surface area contributed by atoms with Crippen molar-refractivity contribution in [3.05, 3.63) is 42.5 Å². The topological polar surface area (TPSA) is 112 Å². The average Bonchev–Trinajstić information content (AvgIpc) is 3.25. The zero-order chi connectivity index (χ0) is 16.1. The molecule has 3 rings (SSSR count). The summed E-state index contributed by atoms with van der Waals surface area (Å²) in [4.78, 5) is 16.1. The van der Waals surface area contributed by atoms with E-state index in [9.17, 15) is 4.79 Å². The van der Waals surface area contributed by atoms with Gasteiger partial charge < -0.3 is 9.84 Å². The van der Waals surface area contributed by atoms with Gasteiger partial charge in [-0.05, 0) is 10.4 Å². The Hall–Kier alpha value is -3.10. The van der Waals surface area contributed by atoms with E-state index in [4.69, 9.17) is 4.52 Å². The van der Waals surface area contributed by atoms with Gasteiger partial charge in [-0.1, -0.05) is 42.4 Å². The first-order valence-electron chi connectivity index (χ1n) is 7.09. The molecule has 1 amide bonds. The molecule has 9 nitrogen and oxygen atoms in total. The highest BCUT2D eigenvalue weighted by Crippen LogP contribution is 2.18. The summed E-state index contributed by atoms with van der Waals surface area (Å²) in [5.41, 5.74) is 0.886. The van der Waals surface area contributed by atoms with Gasteiger partial charge in [-0.2, -0.15) is 4.98 Å². The first kappa shape index (κ1) is 14.8. The number of tetrazole rings is 1. The van der Waals surface area contributed by atoms with Gasteiger partial charge in [0.05, 0.1) is 5.92 Å². The highest BCUT2D eigenvalue weighted by atomic mass is 16.5. The van der Waals surface area contributed by atoms with Crippen molar-refractivity contribution in [1.29, 1.82) is 0 Å². The minimum absolute atomic E-state index is 0.0683. The third-order valence-electron chi connectivity index (χ3n) is 3.20. The van der Waals surface area contributed by atoms with Crippen LogP contribution < -0.4 is 5.32 Å². The average molecular weight is 313 g/mol. The highest BCUT2D eigenvalue weighted by Gasteiger charge is 2.16. The lowest BCUT2D eigenvalue weighted by atomic mass is 10.2. The molecule has 9 heteroatoms. The largest absolute Gasteiger partial charge is 0.354 e. The van der Waals surface area contributed by atoms with E-state index >= 15 is 0 Å². The van der Waals surface area contributed by atoms with E-state index in [2.05, 4.69) is 31.0 Å². The fourth-order valence-electron chi connectivity index (χ4n) is 1.95. The maximum Gasteiger partial charge on any atom is 0.241 e. The molecular weight excluding hydrogens is 298 g/mol. The Morgan fingerprint density at radius 3 is 2.91 bits per heavy atom. The van der Waals surface area contributed by atoms with Crippen LogP contribution >= 0.6 is 0 Å². The van der Waals surface area contributed by atoms with E-state index in [-0.39, 0.29) is 18.4 Å². The molecule has 1 N–H and O–H groups in total. The number of nitrogens with one attached hydrogen (secondary N) is 1. The maximum atomic E-state index is 11.8. The standard InChI is InChI=1S/C14H15N7O2/c1-10(7-15-12(22)8-21-9-16-19-20-21)14-17-13(18-23-14)11-5-3-2-4-6-11/h2-6,9-10H,7-8H2,1H3,(H,15,22)/t10-/m0/s1. The Kier molecular flexibility index (Phi) is 4.37. The fraction of sp³-hybridized carbons (Fsp3) is 0.286. The third-order valence-corrected chi connectivity index (χ3v) is 3.20. The van der Waals surface area contributed by atoms with E-state index in [0.717, 1.165) is 5.56 Å². The van der Waals surface area contributed by atoms with Crippen molar-refractivity contribution in [2.45, 2.75) is 19.4 Å². The Morgan fingerprint density at radius 1 is 1.35 bits per heavy atom. The number of rotatable bonds is 6. The van der Waals surface area contributed by atoms with Crippen LogP contribution in [0.4, 0.5) is 0 Å². The summed E-state index contributed by atoms with van der Waals surface area (Å²) in [5, 5.41) is 17.3. The predicted octanol–water partition coefficient (Wildman–Crippen LogP) is 0.643. The van der Waals surface area contributed by atoms with Gasteiger partial charge in [0.2, 0.25) is 17.6 Å². The molecule has 0 aliphatic heterocycles. The van der Waals surface area contributed by atoms with Gasteiger partial charge in [-0.15, -0.1) is 5.10 Å². The normalized spacial score (nSPS) is 12.0. The van der Waals surface area contributed by atoms with E-state index < -0.39 is 0 Å². The number of amides is 1. The maximum absolute atomic E-state index is 11.8. The van der Waals surface area contributed by atoms with Crippen molar-refractivity contribution in [1.82, 2.24) is 35.7 Å². The van der Waals surface area contributed by atoms with Gasteiger partial charge in [0.15, 0.2) is 0 Å². The monoisotopic (exact) mass is 313 g/mol. The van der Waals surface area contributed by atoms with Crippen LogP contribution in [-0.4, -0.2) is 42.8 Å². The Bertz CT molecular complexity index is 755. The molecule has 0 bridgehead atoms. The van der Waals surface area contributed by atoms with Gasteiger partial charge >= 0.3 is 0 Å². The number of hydrogen-bond acceptors (Lipinski definition) is 7. The number of hydrogen-bond donors (Lipinski definition) is 1. The van der Waals surface area contributed by atoms with Crippen molar-refractivity contribution in [3.63, 3.8) is 0 Å². The zero-order valence-corrected chi connectivity index (χ0v) is 12.5. The number of aromatic nitrogens is 6. The summed E-state index contributed by atoms with van der Waals surface area (Å²) >= 11 is 0. The van der Waals surface area contributed by atoms with Crippen LogP contribution in [0.2, 0.25) is 0 Å². The van der Waals surface area contributed by atoms with Crippen LogP contribution in [-0.2, 0) is 11.3 Å². The number of carbonyl (C=O) groups excluding carboxylic acids is 1. The molecule has 0 fully saturated rings. The SMILES string of the molecule is C[C@@H](CNC(=O)Cn1cnnn1)c1nc(-c2ccccc2)no1. The Labute approximate surface area is 131 Å². The van der Waals surface area contributed by atoms with Crippen molar-refractivity contribution in [3.8, 4) is 11.4 Å². The molecule has 1 atom stereocenters. The number of benzene rings is 1. The molecule has 3 aromatic rings. The molecule has 0 unspecified atom stereocenters. The number of nitrogens with zero attached hydrogens (tertiary/aromatic N) is 6. The molecule has 0 saturated carbocycles. The predicted molar refractivity (Wildman–Crippen MR) is 79.0 cm³/mol. The minimum Gasteiger partial charge on any atom is -0.354 e. The Balaban J connectivity index is 1.55. The molecule has 118 valence electrons. The molecule has 0 aliphatic carbocycles. The molecule has 0 spiro atoms. The lowest BCUT2D eigenvalue weighted by molar-refractivity contribution is -0.121. The number of carbonyl (C=O) groups is 1. The fourth-order valence-corrected chi connectivity index (χ4v) is 1.95. The van der Waals surface area contributed by atoms with E-state index in [1.165, 1.54) is 11.0 Å². The summed E-state index contributed by atoms with van der Waals surface area (Å²) in [5.74, 6) is 0.726. The van der Waals surface area contributed by atoms with Crippen LogP contribution in [0.25, 0.3) is 11.4 Å².